The molecule has 0 aromatic heterocycles. The number of carbonyl (C=O) groups is 2. The van der Waals surface area contributed by atoms with Crippen molar-refractivity contribution in [2.24, 2.45) is 5.73 Å². The molecule has 0 saturated heterocycles. The third-order valence-electron chi connectivity index (χ3n) is 4.38. The van der Waals surface area contributed by atoms with Crippen LogP contribution in [0.2, 0.25) is 0 Å². The summed E-state index contributed by atoms with van der Waals surface area (Å²) in [5.74, 6) is -2.08. The van der Waals surface area contributed by atoms with Gasteiger partial charge in [-0.3, -0.25) is 10.2 Å². The van der Waals surface area contributed by atoms with Crippen molar-refractivity contribution in [2.75, 3.05) is 0 Å². The van der Waals surface area contributed by atoms with E-state index in [0.29, 0.717) is 18.6 Å². The number of rotatable bonds is 6. The van der Waals surface area contributed by atoms with Gasteiger partial charge in [0.25, 0.3) is 0 Å². The average Bonchev–Trinajstić information content (AvgIpc) is 2.71. The summed E-state index contributed by atoms with van der Waals surface area (Å²) in [5, 5.41) is 23.4. The third kappa shape index (κ3) is 7.49. The molecule has 1 unspecified atom stereocenters. The van der Waals surface area contributed by atoms with Gasteiger partial charge >= 0.3 is 18.1 Å². The lowest BCUT2D eigenvalue weighted by molar-refractivity contribution is -0.192. The van der Waals surface area contributed by atoms with E-state index >= 15 is 0 Å². The minimum atomic E-state index is -5.08. The largest absolute Gasteiger partial charge is 0.490 e. The van der Waals surface area contributed by atoms with Crippen molar-refractivity contribution >= 4 is 17.8 Å². The molecule has 32 heavy (non-hydrogen) atoms. The van der Waals surface area contributed by atoms with Gasteiger partial charge in [-0.05, 0) is 42.2 Å². The Morgan fingerprint density at radius 2 is 1.78 bits per heavy atom. The molecule has 11 heteroatoms. The Labute approximate surface area is 180 Å². The standard InChI is InChI=1S/C19H20N2O4.C2HF3O2/c20-19(21)13-3-1-12(2-4-13)11-24-15-7-8-17-14(9-15)5-6-16(25-17)10-18(22)23;3-2(4,5)1(6)7/h1-4,7-9,16H,5-6,10-11H2,(H3,20,21)(H,22,23);(H,6,7). The maximum absolute atomic E-state index is 10.8. The number of ether oxygens (including phenoxy) is 2. The van der Waals surface area contributed by atoms with Crippen molar-refractivity contribution in [3.8, 4) is 11.5 Å². The molecule has 0 bridgehead atoms. The Morgan fingerprint density at radius 3 is 2.31 bits per heavy atom. The van der Waals surface area contributed by atoms with Gasteiger partial charge in [0, 0.05) is 5.56 Å². The number of nitrogen functional groups attached to an aromatic ring is 1. The number of alkyl halides is 3. The number of carboxylic acids is 2. The number of halogens is 3. The Balaban J connectivity index is 0.000000451. The minimum absolute atomic E-state index is 0.0218. The van der Waals surface area contributed by atoms with Crippen LogP contribution in [0.5, 0.6) is 11.5 Å². The second-order valence-electron chi connectivity index (χ2n) is 6.85. The van der Waals surface area contributed by atoms with Gasteiger partial charge in [0.2, 0.25) is 0 Å². The van der Waals surface area contributed by atoms with Gasteiger partial charge in [0.15, 0.2) is 0 Å². The zero-order chi connectivity index (χ0) is 23.9. The SMILES string of the molecule is N=C(N)c1ccc(COc2ccc3c(c2)CCC(CC(=O)O)O3)cc1.O=C(O)C(F)(F)F. The number of hydrogen-bond acceptors (Lipinski definition) is 5. The lowest BCUT2D eigenvalue weighted by Crippen LogP contribution is -2.25. The minimum Gasteiger partial charge on any atom is -0.490 e. The topological polar surface area (TPSA) is 143 Å². The van der Waals surface area contributed by atoms with Crippen LogP contribution >= 0.6 is 0 Å². The van der Waals surface area contributed by atoms with Gasteiger partial charge in [-0.15, -0.1) is 0 Å². The Hall–Kier alpha value is -3.76. The predicted molar refractivity (Wildman–Crippen MR) is 107 cm³/mol. The third-order valence-corrected chi connectivity index (χ3v) is 4.38. The molecule has 0 amide bonds. The zero-order valence-corrected chi connectivity index (χ0v) is 16.7. The molecule has 0 saturated carbocycles. The summed E-state index contributed by atoms with van der Waals surface area (Å²) in [6.07, 6.45) is -3.86. The highest BCUT2D eigenvalue weighted by molar-refractivity contribution is 5.94. The van der Waals surface area contributed by atoms with Gasteiger partial charge in [-0.2, -0.15) is 13.2 Å². The molecular weight excluding hydrogens is 433 g/mol. The lowest BCUT2D eigenvalue weighted by atomic mass is 10.0. The second kappa shape index (κ2) is 10.5. The molecule has 8 nitrogen and oxygen atoms in total. The van der Waals surface area contributed by atoms with E-state index in [0.717, 1.165) is 29.0 Å². The van der Waals surface area contributed by atoms with Crippen molar-refractivity contribution in [3.05, 3.63) is 59.2 Å². The molecule has 0 fully saturated rings. The van der Waals surface area contributed by atoms with Crippen LogP contribution in [0.1, 0.15) is 29.5 Å². The second-order valence-corrected chi connectivity index (χ2v) is 6.85. The van der Waals surface area contributed by atoms with E-state index in [1.165, 1.54) is 0 Å². The van der Waals surface area contributed by atoms with E-state index in [9.17, 15) is 18.0 Å². The maximum atomic E-state index is 10.8. The predicted octanol–water partition coefficient (Wildman–Crippen LogP) is 3.35. The molecule has 1 aliphatic heterocycles. The molecule has 1 heterocycles. The van der Waals surface area contributed by atoms with Crippen molar-refractivity contribution in [1.29, 1.82) is 5.41 Å². The summed E-state index contributed by atoms with van der Waals surface area (Å²) in [6.45, 7) is 0.416. The first-order chi connectivity index (χ1) is 15.0. The molecule has 1 aliphatic rings. The molecule has 5 N–H and O–H groups in total. The van der Waals surface area contributed by atoms with Crippen LogP contribution in [0.3, 0.4) is 0 Å². The molecule has 2 aromatic rings. The van der Waals surface area contributed by atoms with E-state index in [1.807, 2.05) is 30.3 Å². The average molecular weight is 454 g/mol. The summed E-state index contributed by atoms with van der Waals surface area (Å²) in [6, 6.07) is 13.0. The van der Waals surface area contributed by atoms with Gasteiger partial charge in [-0.1, -0.05) is 24.3 Å². The molecular formula is C21H21F3N2O6. The maximum Gasteiger partial charge on any atom is 0.490 e. The van der Waals surface area contributed by atoms with Gasteiger partial charge < -0.3 is 25.4 Å². The van der Waals surface area contributed by atoms with E-state index in [2.05, 4.69) is 0 Å². The first-order valence-corrected chi connectivity index (χ1v) is 9.33. The van der Waals surface area contributed by atoms with E-state index < -0.39 is 18.1 Å². The van der Waals surface area contributed by atoms with Crippen LogP contribution in [0.15, 0.2) is 42.5 Å². The monoisotopic (exact) mass is 454 g/mol. The lowest BCUT2D eigenvalue weighted by Gasteiger charge is -2.25. The summed E-state index contributed by atoms with van der Waals surface area (Å²) in [5.41, 5.74) is 8.14. The van der Waals surface area contributed by atoms with Crippen molar-refractivity contribution in [1.82, 2.24) is 0 Å². The van der Waals surface area contributed by atoms with Crippen LogP contribution in [-0.2, 0) is 22.6 Å². The van der Waals surface area contributed by atoms with Gasteiger partial charge in [-0.25, -0.2) is 4.79 Å². The molecule has 0 aliphatic carbocycles. The van der Waals surface area contributed by atoms with Crippen LogP contribution in [0.4, 0.5) is 13.2 Å². The van der Waals surface area contributed by atoms with Crippen LogP contribution in [0, 0.1) is 5.41 Å². The number of aryl methyl sites for hydroxylation is 1. The number of amidine groups is 1. The molecule has 172 valence electrons. The first-order valence-electron chi connectivity index (χ1n) is 9.33. The molecule has 0 spiro atoms. The van der Waals surface area contributed by atoms with Gasteiger partial charge in [0.05, 0.1) is 6.42 Å². The van der Waals surface area contributed by atoms with Gasteiger partial charge in [0.1, 0.15) is 30.0 Å². The normalized spacial score (nSPS) is 14.8. The highest BCUT2D eigenvalue weighted by Gasteiger charge is 2.38. The fourth-order valence-electron chi connectivity index (χ4n) is 2.80. The number of fused-ring (bicyclic) bond motifs is 1. The highest BCUT2D eigenvalue weighted by Crippen LogP contribution is 2.32. The smallest absolute Gasteiger partial charge is 0.490 e. The highest BCUT2D eigenvalue weighted by atomic mass is 19.4. The van der Waals surface area contributed by atoms with Crippen molar-refractivity contribution in [2.45, 2.75) is 38.1 Å². The fraction of sp³-hybridized carbons (Fsp3) is 0.286. The summed E-state index contributed by atoms with van der Waals surface area (Å²) in [7, 11) is 0. The van der Waals surface area contributed by atoms with Crippen LogP contribution in [0.25, 0.3) is 0 Å². The molecule has 0 radical (unpaired) electrons. The van der Waals surface area contributed by atoms with E-state index in [-0.39, 0.29) is 18.4 Å². The summed E-state index contributed by atoms with van der Waals surface area (Å²) >= 11 is 0. The summed E-state index contributed by atoms with van der Waals surface area (Å²) in [4.78, 5) is 19.7. The summed E-state index contributed by atoms with van der Waals surface area (Å²) < 4.78 is 43.3. The Bertz CT molecular complexity index is 976. The fourth-order valence-corrected chi connectivity index (χ4v) is 2.80. The number of aliphatic carboxylic acids is 2. The zero-order valence-electron chi connectivity index (χ0n) is 16.7. The van der Waals surface area contributed by atoms with Crippen LogP contribution < -0.4 is 15.2 Å². The van der Waals surface area contributed by atoms with Crippen LogP contribution in [-0.4, -0.2) is 40.3 Å². The molecule has 2 aromatic carbocycles. The number of nitrogens with one attached hydrogen (secondary N) is 1. The number of carboxylic acid groups (broad SMARTS) is 2. The van der Waals surface area contributed by atoms with E-state index in [1.54, 1.807) is 12.1 Å². The Kier molecular flexibility index (Phi) is 8.05. The number of benzene rings is 2. The first kappa shape index (κ1) is 24.5. The Morgan fingerprint density at radius 1 is 1.16 bits per heavy atom. The number of hydrogen-bond donors (Lipinski definition) is 4. The van der Waals surface area contributed by atoms with Crippen molar-refractivity contribution < 1.29 is 42.4 Å². The quantitative estimate of drug-likeness (QED) is 0.387. The molecule has 1 atom stereocenters. The van der Waals surface area contributed by atoms with Crippen molar-refractivity contribution in [3.63, 3.8) is 0 Å². The van der Waals surface area contributed by atoms with E-state index in [4.69, 9.17) is 35.6 Å². The molecule has 3 rings (SSSR count). The number of nitrogens with two attached hydrogens (primary N) is 1.